The minimum atomic E-state index is 0. The molecule has 0 amide bonds. The van der Waals surface area contributed by atoms with E-state index in [1.807, 2.05) is 0 Å². The van der Waals surface area contributed by atoms with Gasteiger partial charge < -0.3 is 15.0 Å². The summed E-state index contributed by atoms with van der Waals surface area (Å²) in [6.45, 7) is 12.1. The number of hydrogen-bond acceptors (Lipinski definition) is 3. The number of morpholine rings is 1. The summed E-state index contributed by atoms with van der Waals surface area (Å²) < 4.78 is 5.43. The molecule has 3 rings (SSSR count). The third kappa shape index (κ3) is 5.56. The third-order valence-corrected chi connectivity index (χ3v) is 4.70. The van der Waals surface area contributed by atoms with Crippen molar-refractivity contribution >= 4 is 35.6 Å². The van der Waals surface area contributed by atoms with Crippen LogP contribution in [0.25, 0.3) is 0 Å². The molecule has 0 aliphatic carbocycles. The van der Waals surface area contributed by atoms with Crippen LogP contribution in [0.4, 0.5) is 5.69 Å². The molecule has 1 unspecified atom stereocenters. The van der Waals surface area contributed by atoms with Crippen LogP contribution in [0.2, 0.25) is 0 Å². The second kappa shape index (κ2) is 10.3. The monoisotopic (exact) mass is 458 g/mol. The Morgan fingerprint density at radius 2 is 2.00 bits per heavy atom. The summed E-state index contributed by atoms with van der Waals surface area (Å²) >= 11 is 0. The molecule has 0 spiro atoms. The Kier molecular flexibility index (Phi) is 8.45. The number of halogens is 1. The first-order valence-electron chi connectivity index (χ1n) is 9.21. The summed E-state index contributed by atoms with van der Waals surface area (Å²) in [6.07, 6.45) is 1.10. The maximum Gasteiger partial charge on any atom is 0.198 e. The van der Waals surface area contributed by atoms with Crippen molar-refractivity contribution in [3.05, 3.63) is 29.8 Å². The molecule has 6 heteroatoms. The highest BCUT2D eigenvalue weighted by Crippen LogP contribution is 2.27. The van der Waals surface area contributed by atoms with Crippen LogP contribution in [-0.4, -0.2) is 63.3 Å². The second-order valence-electron chi connectivity index (χ2n) is 6.74. The van der Waals surface area contributed by atoms with Gasteiger partial charge in [0.25, 0.3) is 0 Å². The number of aliphatic imine (C=N–C) groups is 1. The molecule has 140 valence electrons. The van der Waals surface area contributed by atoms with Gasteiger partial charge in [-0.1, -0.05) is 25.1 Å². The summed E-state index contributed by atoms with van der Waals surface area (Å²) in [5.41, 5.74) is 2.72. The summed E-state index contributed by atoms with van der Waals surface area (Å²) in [5, 5.41) is 3.47. The molecule has 2 aliphatic heterocycles. The van der Waals surface area contributed by atoms with Crippen molar-refractivity contribution in [1.82, 2.24) is 10.2 Å². The lowest BCUT2D eigenvalue weighted by Crippen LogP contribution is -2.42. The first-order valence-corrected chi connectivity index (χ1v) is 9.21. The number of benzene rings is 1. The Morgan fingerprint density at radius 3 is 2.76 bits per heavy atom. The van der Waals surface area contributed by atoms with Gasteiger partial charge >= 0.3 is 0 Å². The Morgan fingerprint density at radius 1 is 1.24 bits per heavy atom. The SMILES string of the molecule is CCNC(=NCC(C)CN1CCOCC1)N1CCc2ccccc21.I. The predicted octanol–water partition coefficient (Wildman–Crippen LogP) is 2.60. The summed E-state index contributed by atoms with van der Waals surface area (Å²) in [6, 6.07) is 8.66. The lowest BCUT2D eigenvalue weighted by molar-refractivity contribution is 0.0323. The maximum absolute atomic E-state index is 5.43. The number of nitrogens with one attached hydrogen (secondary N) is 1. The van der Waals surface area contributed by atoms with Crippen LogP contribution >= 0.6 is 24.0 Å². The normalized spacial score (nSPS) is 19.3. The van der Waals surface area contributed by atoms with Crippen molar-refractivity contribution in [1.29, 1.82) is 0 Å². The van der Waals surface area contributed by atoms with Gasteiger partial charge in [0.1, 0.15) is 0 Å². The van der Waals surface area contributed by atoms with E-state index in [2.05, 4.69) is 53.2 Å². The van der Waals surface area contributed by atoms with E-state index in [0.29, 0.717) is 5.92 Å². The molecule has 0 aromatic heterocycles. The zero-order valence-corrected chi connectivity index (χ0v) is 17.7. The van der Waals surface area contributed by atoms with Crippen LogP contribution in [0, 0.1) is 5.92 Å². The van der Waals surface area contributed by atoms with E-state index in [-0.39, 0.29) is 24.0 Å². The van der Waals surface area contributed by atoms with E-state index in [0.717, 1.165) is 64.9 Å². The van der Waals surface area contributed by atoms with E-state index < -0.39 is 0 Å². The average molecular weight is 458 g/mol. The lowest BCUT2D eigenvalue weighted by Gasteiger charge is -2.29. The molecule has 2 heterocycles. The van der Waals surface area contributed by atoms with Gasteiger partial charge in [-0.05, 0) is 30.9 Å². The van der Waals surface area contributed by atoms with E-state index >= 15 is 0 Å². The van der Waals surface area contributed by atoms with Gasteiger partial charge in [-0.2, -0.15) is 0 Å². The van der Waals surface area contributed by atoms with Crippen molar-refractivity contribution in [2.45, 2.75) is 20.3 Å². The zero-order chi connectivity index (χ0) is 16.8. The van der Waals surface area contributed by atoms with Crippen molar-refractivity contribution in [2.24, 2.45) is 10.9 Å². The average Bonchev–Trinajstić information content (AvgIpc) is 3.03. The Balaban J connectivity index is 0.00000225. The maximum atomic E-state index is 5.43. The third-order valence-electron chi connectivity index (χ3n) is 4.70. The predicted molar refractivity (Wildman–Crippen MR) is 115 cm³/mol. The van der Waals surface area contributed by atoms with Crippen molar-refractivity contribution in [3.8, 4) is 0 Å². The van der Waals surface area contributed by atoms with Crippen LogP contribution < -0.4 is 10.2 Å². The minimum absolute atomic E-state index is 0. The van der Waals surface area contributed by atoms with Crippen LogP contribution in [0.3, 0.4) is 0 Å². The van der Waals surface area contributed by atoms with Gasteiger partial charge in [-0.15, -0.1) is 24.0 Å². The Hall–Kier alpha value is -0.860. The van der Waals surface area contributed by atoms with Gasteiger partial charge in [0.15, 0.2) is 5.96 Å². The number of ether oxygens (including phenoxy) is 1. The Bertz CT molecular complexity index is 560. The van der Waals surface area contributed by atoms with Crippen LogP contribution in [0.15, 0.2) is 29.3 Å². The van der Waals surface area contributed by atoms with Crippen molar-refractivity contribution < 1.29 is 4.74 Å². The number of fused-ring (bicyclic) bond motifs is 1. The fourth-order valence-corrected chi connectivity index (χ4v) is 3.48. The quantitative estimate of drug-likeness (QED) is 0.419. The fraction of sp³-hybridized carbons (Fsp3) is 0.632. The van der Waals surface area contributed by atoms with Gasteiger partial charge in [-0.25, -0.2) is 0 Å². The van der Waals surface area contributed by atoms with E-state index in [1.54, 1.807) is 0 Å². The lowest BCUT2D eigenvalue weighted by atomic mass is 10.1. The van der Waals surface area contributed by atoms with Crippen LogP contribution in [-0.2, 0) is 11.2 Å². The number of anilines is 1. The minimum Gasteiger partial charge on any atom is -0.379 e. The Labute approximate surface area is 168 Å². The van der Waals surface area contributed by atoms with E-state index in [4.69, 9.17) is 9.73 Å². The van der Waals surface area contributed by atoms with Crippen LogP contribution in [0.1, 0.15) is 19.4 Å². The molecule has 5 nitrogen and oxygen atoms in total. The van der Waals surface area contributed by atoms with E-state index in [1.165, 1.54) is 11.3 Å². The van der Waals surface area contributed by atoms with E-state index in [9.17, 15) is 0 Å². The highest BCUT2D eigenvalue weighted by molar-refractivity contribution is 14.0. The summed E-state index contributed by atoms with van der Waals surface area (Å²) in [7, 11) is 0. The fourth-order valence-electron chi connectivity index (χ4n) is 3.48. The number of hydrogen-bond donors (Lipinski definition) is 1. The molecule has 0 saturated carbocycles. The van der Waals surface area contributed by atoms with Gasteiger partial charge in [0.2, 0.25) is 0 Å². The smallest absolute Gasteiger partial charge is 0.198 e. The van der Waals surface area contributed by atoms with Crippen LogP contribution in [0.5, 0.6) is 0 Å². The zero-order valence-electron chi connectivity index (χ0n) is 15.4. The number of nitrogens with zero attached hydrogens (tertiary/aromatic N) is 3. The number of rotatable bonds is 5. The molecule has 1 saturated heterocycles. The molecule has 0 radical (unpaired) electrons. The molecule has 25 heavy (non-hydrogen) atoms. The molecule has 1 atom stereocenters. The molecule has 1 aromatic carbocycles. The molecular weight excluding hydrogens is 427 g/mol. The number of guanidine groups is 1. The molecule has 1 N–H and O–H groups in total. The highest BCUT2D eigenvalue weighted by atomic mass is 127. The standard InChI is InChI=1S/C19H30N4O.HI/c1-3-20-19(23-9-8-17-6-4-5-7-18(17)23)21-14-16(2)15-22-10-12-24-13-11-22;/h4-7,16H,3,8-15H2,1-2H3,(H,20,21);1H. The van der Waals surface area contributed by atoms with Gasteiger partial charge in [0.05, 0.1) is 13.2 Å². The second-order valence-corrected chi connectivity index (χ2v) is 6.74. The topological polar surface area (TPSA) is 40.1 Å². The van der Waals surface area contributed by atoms with Crippen molar-refractivity contribution in [2.75, 3.05) is 57.4 Å². The largest absolute Gasteiger partial charge is 0.379 e. The molecule has 2 aliphatic rings. The highest BCUT2D eigenvalue weighted by Gasteiger charge is 2.22. The van der Waals surface area contributed by atoms with Crippen molar-refractivity contribution in [3.63, 3.8) is 0 Å². The molecule has 0 bridgehead atoms. The summed E-state index contributed by atoms with van der Waals surface area (Å²) in [4.78, 5) is 9.75. The first-order chi connectivity index (χ1) is 11.8. The molecule has 1 aromatic rings. The first kappa shape index (κ1) is 20.5. The van der Waals surface area contributed by atoms with Gasteiger partial charge in [0, 0.05) is 45.0 Å². The summed E-state index contributed by atoms with van der Waals surface area (Å²) in [5.74, 6) is 1.57. The number of para-hydroxylation sites is 1. The molecule has 1 fully saturated rings. The van der Waals surface area contributed by atoms with Gasteiger partial charge in [-0.3, -0.25) is 9.89 Å². The molecular formula is C19H31IN4O.